The highest BCUT2D eigenvalue weighted by atomic mass is 35.5. The third-order valence-corrected chi connectivity index (χ3v) is 2.41. The summed E-state index contributed by atoms with van der Waals surface area (Å²) < 4.78 is 4.98. The fourth-order valence-corrected chi connectivity index (χ4v) is 1.47. The molecule has 1 saturated carbocycles. The van der Waals surface area contributed by atoms with Crippen molar-refractivity contribution in [3.05, 3.63) is 0 Å². The maximum atomic E-state index is 11.1. The lowest BCUT2D eigenvalue weighted by Gasteiger charge is -2.09. The summed E-state index contributed by atoms with van der Waals surface area (Å²) in [5.74, 6) is 0.412. The molecule has 2 rings (SSSR count). The molecule has 0 N–H and O–H groups in total. The molecule has 2 aliphatic rings. The maximum absolute atomic E-state index is 11.1. The Balaban J connectivity index is 1.96. The quantitative estimate of drug-likeness (QED) is 0.591. The van der Waals surface area contributed by atoms with E-state index in [-0.39, 0.29) is 12.2 Å². The number of alkyl halides is 1. The Kier molecular flexibility index (Phi) is 1.68. The number of rotatable bonds is 2. The molecule has 1 unspecified atom stereocenters. The van der Waals surface area contributed by atoms with Gasteiger partial charge in [-0.3, -0.25) is 0 Å². The number of halogens is 1. The molecule has 0 bridgehead atoms. The minimum absolute atomic E-state index is 0.0789. The first-order valence-electron chi connectivity index (χ1n) is 3.84. The molecule has 1 atom stereocenters. The first-order valence-corrected chi connectivity index (χ1v) is 4.38. The van der Waals surface area contributed by atoms with E-state index in [0.29, 0.717) is 18.5 Å². The van der Waals surface area contributed by atoms with Gasteiger partial charge in [0.05, 0.1) is 12.4 Å². The summed E-state index contributed by atoms with van der Waals surface area (Å²) in [5, 5.41) is 0. The van der Waals surface area contributed by atoms with E-state index in [0.717, 1.165) is 12.8 Å². The molecule has 1 aliphatic carbocycles. The Labute approximate surface area is 70.3 Å². The topological polar surface area (TPSA) is 29.5 Å². The van der Waals surface area contributed by atoms with Gasteiger partial charge in [0.15, 0.2) is 0 Å². The minimum Gasteiger partial charge on any atom is -0.443 e. The Morgan fingerprint density at radius 3 is 2.82 bits per heavy atom. The highest BCUT2D eigenvalue weighted by Gasteiger charge is 2.40. The molecule has 4 heteroatoms. The van der Waals surface area contributed by atoms with Crippen LogP contribution < -0.4 is 0 Å². The highest BCUT2D eigenvalue weighted by Crippen LogP contribution is 2.30. The largest absolute Gasteiger partial charge is 0.443 e. The number of ether oxygens (including phenoxy) is 1. The Bertz CT molecular complexity index is 181. The van der Waals surface area contributed by atoms with Crippen LogP contribution in [0.15, 0.2) is 0 Å². The zero-order chi connectivity index (χ0) is 7.84. The Morgan fingerprint density at radius 2 is 2.36 bits per heavy atom. The van der Waals surface area contributed by atoms with Gasteiger partial charge in [0, 0.05) is 6.04 Å². The van der Waals surface area contributed by atoms with Crippen molar-refractivity contribution in [3.8, 4) is 0 Å². The molecule has 0 spiro atoms. The second-order valence-corrected chi connectivity index (χ2v) is 3.35. The number of hydrogen-bond acceptors (Lipinski definition) is 2. The molecule has 11 heavy (non-hydrogen) atoms. The first-order chi connectivity index (χ1) is 5.31. The van der Waals surface area contributed by atoms with E-state index in [9.17, 15) is 4.79 Å². The van der Waals surface area contributed by atoms with Crippen molar-refractivity contribution in [1.29, 1.82) is 0 Å². The number of carbonyl (C=O) groups is 1. The SMILES string of the molecule is O=C1OC(CCl)CN1C1CC1. The van der Waals surface area contributed by atoms with E-state index in [4.69, 9.17) is 16.3 Å². The molecule has 3 nitrogen and oxygen atoms in total. The van der Waals surface area contributed by atoms with Gasteiger partial charge in [-0.15, -0.1) is 11.6 Å². The van der Waals surface area contributed by atoms with Crippen molar-refractivity contribution < 1.29 is 9.53 Å². The fraction of sp³-hybridized carbons (Fsp3) is 0.857. The van der Waals surface area contributed by atoms with Crippen LogP contribution in [0.2, 0.25) is 0 Å². The molecular formula is C7H10ClNO2. The van der Waals surface area contributed by atoms with Crippen LogP contribution in [-0.2, 0) is 4.74 Å². The summed E-state index contributed by atoms with van der Waals surface area (Å²) in [6.45, 7) is 0.688. The monoisotopic (exact) mass is 175 g/mol. The molecule has 1 heterocycles. The van der Waals surface area contributed by atoms with Gasteiger partial charge in [-0.1, -0.05) is 0 Å². The molecule has 0 radical (unpaired) electrons. The average molecular weight is 176 g/mol. The van der Waals surface area contributed by atoms with Crippen LogP contribution in [0.1, 0.15) is 12.8 Å². The van der Waals surface area contributed by atoms with Gasteiger partial charge in [0.25, 0.3) is 0 Å². The highest BCUT2D eigenvalue weighted by molar-refractivity contribution is 6.18. The van der Waals surface area contributed by atoms with Crippen molar-refractivity contribution in [2.75, 3.05) is 12.4 Å². The second kappa shape index (κ2) is 2.55. The fourth-order valence-electron chi connectivity index (χ4n) is 1.31. The van der Waals surface area contributed by atoms with Crippen LogP contribution in [0.5, 0.6) is 0 Å². The number of amides is 1. The summed E-state index contributed by atoms with van der Waals surface area (Å²) in [6.07, 6.45) is 2.00. The minimum atomic E-state index is -0.182. The Hall–Kier alpha value is -0.440. The van der Waals surface area contributed by atoms with Gasteiger partial charge in [-0.2, -0.15) is 0 Å². The van der Waals surface area contributed by atoms with E-state index in [1.165, 1.54) is 0 Å². The zero-order valence-corrected chi connectivity index (χ0v) is 6.88. The van der Waals surface area contributed by atoms with E-state index in [1.54, 1.807) is 4.90 Å². The van der Waals surface area contributed by atoms with Gasteiger partial charge in [-0.05, 0) is 12.8 Å². The van der Waals surface area contributed by atoms with Crippen LogP contribution in [-0.4, -0.2) is 35.6 Å². The molecular weight excluding hydrogens is 166 g/mol. The van der Waals surface area contributed by atoms with Crippen LogP contribution in [0.3, 0.4) is 0 Å². The Morgan fingerprint density at radius 1 is 1.64 bits per heavy atom. The smallest absolute Gasteiger partial charge is 0.410 e. The van der Waals surface area contributed by atoms with Crippen LogP contribution in [0, 0.1) is 0 Å². The summed E-state index contributed by atoms with van der Waals surface area (Å²) in [6, 6.07) is 0.454. The molecule has 1 aliphatic heterocycles. The lowest BCUT2D eigenvalue weighted by molar-refractivity contribution is 0.138. The van der Waals surface area contributed by atoms with E-state index in [1.807, 2.05) is 0 Å². The molecule has 0 aromatic heterocycles. The molecule has 1 amide bonds. The molecule has 0 aromatic carbocycles. The second-order valence-electron chi connectivity index (χ2n) is 3.04. The summed E-state index contributed by atoms with van der Waals surface area (Å²) in [5.41, 5.74) is 0. The van der Waals surface area contributed by atoms with Gasteiger partial charge < -0.3 is 9.64 Å². The van der Waals surface area contributed by atoms with Crippen molar-refractivity contribution in [3.63, 3.8) is 0 Å². The summed E-state index contributed by atoms with van der Waals surface area (Å²) >= 11 is 5.56. The number of nitrogens with zero attached hydrogens (tertiary/aromatic N) is 1. The van der Waals surface area contributed by atoms with Gasteiger partial charge in [0.1, 0.15) is 6.10 Å². The zero-order valence-electron chi connectivity index (χ0n) is 6.12. The van der Waals surface area contributed by atoms with Crippen molar-refractivity contribution >= 4 is 17.7 Å². The van der Waals surface area contributed by atoms with E-state index >= 15 is 0 Å². The molecule has 2 fully saturated rings. The van der Waals surface area contributed by atoms with Crippen molar-refractivity contribution in [2.45, 2.75) is 25.0 Å². The number of carbonyl (C=O) groups excluding carboxylic acids is 1. The third kappa shape index (κ3) is 1.29. The van der Waals surface area contributed by atoms with Crippen molar-refractivity contribution in [2.24, 2.45) is 0 Å². The normalized spacial score (nSPS) is 30.8. The predicted octanol–water partition coefficient (Wildman–Crippen LogP) is 1.21. The van der Waals surface area contributed by atoms with Crippen LogP contribution >= 0.6 is 11.6 Å². The lowest BCUT2D eigenvalue weighted by Crippen LogP contribution is -2.27. The standard InChI is InChI=1S/C7H10ClNO2/c8-3-6-4-9(5-1-2-5)7(10)11-6/h5-6H,1-4H2. The maximum Gasteiger partial charge on any atom is 0.410 e. The summed E-state index contributed by atoms with van der Waals surface area (Å²) in [7, 11) is 0. The molecule has 1 saturated heterocycles. The van der Waals surface area contributed by atoms with Gasteiger partial charge in [0.2, 0.25) is 0 Å². The summed E-state index contributed by atoms with van der Waals surface area (Å²) in [4.78, 5) is 12.9. The lowest BCUT2D eigenvalue weighted by atomic mass is 10.4. The molecule has 0 aromatic rings. The van der Waals surface area contributed by atoms with E-state index in [2.05, 4.69) is 0 Å². The van der Waals surface area contributed by atoms with Crippen LogP contribution in [0.25, 0.3) is 0 Å². The third-order valence-electron chi connectivity index (χ3n) is 2.06. The van der Waals surface area contributed by atoms with Gasteiger partial charge in [-0.25, -0.2) is 4.79 Å². The number of cyclic esters (lactones) is 1. The van der Waals surface area contributed by atoms with Gasteiger partial charge >= 0.3 is 6.09 Å². The first kappa shape index (κ1) is 7.22. The van der Waals surface area contributed by atoms with Crippen molar-refractivity contribution in [1.82, 2.24) is 4.90 Å². The molecule has 62 valence electrons. The average Bonchev–Trinajstić information content (AvgIpc) is 2.76. The predicted molar refractivity (Wildman–Crippen MR) is 40.7 cm³/mol. The number of hydrogen-bond donors (Lipinski definition) is 0. The van der Waals surface area contributed by atoms with Crippen LogP contribution in [0.4, 0.5) is 4.79 Å². The van der Waals surface area contributed by atoms with E-state index < -0.39 is 0 Å².